The van der Waals surface area contributed by atoms with Crippen molar-refractivity contribution < 1.29 is 18.3 Å². The molecule has 3 nitrogen and oxygen atoms in total. The van der Waals surface area contributed by atoms with E-state index in [1.165, 1.54) is 18.2 Å². The molecule has 0 radical (unpaired) electrons. The smallest absolute Gasteiger partial charge is 0.203 e. The average Bonchev–Trinajstić information content (AvgIpc) is 2.45. The first-order valence-corrected chi connectivity index (χ1v) is 6.20. The van der Waals surface area contributed by atoms with Crippen molar-refractivity contribution in [1.29, 1.82) is 5.26 Å². The van der Waals surface area contributed by atoms with Crippen molar-refractivity contribution in [1.82, 2.24) is 0 Å². The fourth-order valence-corrected chi connectivity index (χ4v) is 1.86. The topological polar surface area (TPSA) is 50.1 Å². The van der Waals surface area contributed by atoms with Crippen molar-refractivity contribution in [2.75, 3.05) is 6.61 Å². The zero-order valence-electron chi connectivity index (χ0n) is 10.6. The lowest BCUT2D eigenvalue weighted by atomic mass is 10.1. The highest BCUT2D eigenvalue weighted by molar-refractivity contribution is 6.32. The molecule has 0 bridgehead atoms. The Balaban J connectivity index is 2.09. The number of benzene rings is 2. The standard InChI is InChI=1S/C15H8ClF2NO2/c16-12-5-9(7-19)1-4-15(12)21-8-14(20)11-3-2-10(17)6-13(11)18/h1-6H,8H2. The highest BCUT2D eigenvalue weighted by Crippen LogP contribution is 2.25. The lowest BCUT2D eigenvalue weighted by molar-refractivity contribution is 0.0917. The van der Waals surface area contributed by atoms with Gasteiger partial charge in [-0.15, -0.1) is 0 Å². The van der Waals surface area contributed by atoms with Crippen molar-refractivity contribution in [2.24, 2.45) is 0 Å². The van der Waals surface area contributed by atoms with Crippen LogP contribution in [0.3, 0.4) is 0 Å². The van der Waals surface area contributed by atoms with Crippen LogP contribution in [0.5, 0.6) is 5.75 Å². The molecule has 0 aliphatic heterocycles. The fraction of sp³-hybridized carbons (Fsp3) is 0.0667. The Morgan fingerprint density at radius 2 is 2.00 bits per heavy atom. The third-order valence-corrected chi connectivity index (χ3v) is 2.95. The molecule has 0 fully saturated rings. The van der Waals surface area contributed by atoms with E-state index >= 15 is 0 Å². The SMILES string of the molecule is N#Cc1ccc(OCC(=O)c2ccc(F)cc2F)c(Cl)c1. The minimum Gasteiger partial charge on any atom is -0.484 e. The van der Waals surface area contributed by atoms with Gasteiger partial charge in [-0.3, -0.25) is 4.79 Å². The monoisotopic (exact) mass is 307 g/mol. The van der Waals surface area contributed by atoms with Crippen LogP contribution in [0.1, 0.15) is 15.9 Å². The van der Waals surface area contributed by atoms with Crippen LogP contribution in [0.2, 0.25) is 5.02 Å². The number of rotatable bonds is 4. The maximum absolute atomic E-state index is 13.4. The fourth-order valence-electron chi connectivity index (χ4n) is 1.62. The molecule has 0 saturated heterocycles. The molecule has 0 aromatic heterocycles. The molecule has 0 aliphatic rings. The van der Waals surface area contributed by atoms with Gasteiger partial charge >= 0.3 is 0 Å². The Hall–Kier alpha value is -2.45. The van der Waals surface area contributed by atoms with Crippen LogP contribution < -0.4 is 4.74 Å². The van der Waals surface area contributed by atoms with Gasteiger partial charge in [0.25, 0.3) is 0 Å². The van der Waals surface area contributed by atoms with Crippen LogP contribution in [0, 0.1) is 23.0 Å². The third-order valence-electron chi connectivity index (χ3n) is 2.65. The van der Waals surface area contributed by atoms with E-state index in [1.807, 2.05) is 6.07 Å². The van der Waals surface area contributed by atoms with Gasteiger partial charge < -0.3 is 4.74 Å². The number of Topliss-reactive ketones (excluding diaryl/α,β-unsaturated/α-hetero) is 1. The molecule has 6 heteroatoms. The number of carbonyl (C=O) groups is 1. The number of carbonyl (C=O) groups excluding carboxylic acids is 1. The van der Waals surface area contributed by atoms with Gasteiger partial charge in [-0.05, 0) is 30.3 Å². The predicted octanol–water partition coefficient (Wildman–Crippen LogP) is 3.75. The number of hydrogen-bond donors (Lipinski definition) is 0. The highest BCUT2D eigenvalue weighted by Gasteiger charge is 2.14. The number of nitriles is 1. The summed E-state index contributed by atoms with van der Waals surface area (Å²) >= 11 is 5.88. The first kappa shape index (κ1) is 14.9. The molecule has 21 heavy (non-hydrogen) atoms. The Labute approximate surface area is 124 Å². The third kappa shape index (κ3) is 3.56. The van der Waals surface area contributed by atoms with Crippen molar-refractivity contribution >= 4 is 17.4 Å². The number of nitrogens with zero attached hydrogens (tertiary/aromatic N) is 1. The minimum absolute atomic E-state index is 0.168. The number of ketones is 1. The van der Waals surface area contributed by atoms with E-state index in [4.69, 9.17) is 21.6 Å². The van der Waals surface area contributed by atoms with Gasteiger partial charge in [0.1, 0.15) is 17.4 Å². The minimum atomic E-state index is -0.950. The second-order valence-corrected chi connectivity index (χ2v) is 4.50. The summed E-state index contributed by atoms with van der Waals surface area (Å²) in [4.78, 5) is 11.8. The van der Waals surface area contributed by atoms with E-state index in [-0.39, 0.29) is 16.3 Å². The first-order chi connectivity index (χ1) is 10.0. The zero-order valence-corrected chi connectivity index (χ0v) is 11.3. The van der Waals surface area contributed by atoms with E-state index in [0.29, 0.717) is 11.6 Å². The molecule has 2 aromatic rings. The molecule has 0 saturated carbocycles. The van der Waals surface area contributed by atoms with Gasteiger partial charge in [0.15, 0.2) is 6.61 Å². The largest absolute Gasteiger partial charge is 0.484 e. The normalized spacial score (nSPS) is 10.0. The predicted molar refractivity (Wildman–Crippen MR) is 72.4 cm³/mol. The molecule has 0 N–H and O–H groups in total. The van der Waals surface area contributed by atoms with Crippen LogP contribution in [0.25, 0.3) is 0 Å². The molecular weight excluding hydrogens is 300 g/mol. The summed E-state index contributed by atoms with van der Waals surface area (Å²) in [6.45, 7) is -0.450. The van der Waals surface area contributed by atoms with Crippen molar-refractivity contribution in [3.63, 3.8) is 0 Å². The maximum Gasteiger partial charge on any atom is 0.203 e. The molecular formula is C15H8ClF2NO2. The Bertz CT molecular complexity index is 741. The lowest BCUT2D eigenvalue weighted by Gasteiger charge is -2.08. The van der Waals surface area contributed by atoms with E-state index in [1.54, 1.807) is 0 Å². The van der Waals surface area contributed by atoms with Crippen LogP contribution in [0.4, 0.5) is 8.78 Å². The van der Waals surface area contributed by atoms with Crippen molar-refractivity contribution in [3.05, 3.63) is 64.2 Å². The Morgan fingerprint density at radius 1 is 1.24 bits per heavy atom. The molecule has 2 aromatic carbocycles. The second kappa shape index (κ2) is 6.33. The maximum atomic E-state index is 13.4. The summed E-state index contributed by atoms with van der Waals surface area (Å²) in [6, 6.07) is 8.88. The summed E-state index contributed by atoms with van der Waals surface area (Å²) < 4.78 is 31.4. The molecule has 0 spiro atoms. The molecule has 0 aliphatic carbocycles. The van der Waals surface area contributed by atoms with Crippen LogP contribution in [-0.4, -0.2) is 12.4 Å². The molecule has 0 atom stereocenters. The molecule has 2 rings (SSSR count). The second-order valence-electron chi connectivity index (χ2n) is 4.09. The van der Waals surface area contributed by atoms with Gasteiger partial charge in [-0.1, -0.05) is 11.6 Å². The summed E-state index contributed by atoms with van der Waals surface area (Å²) in [5, 5.41) is 8.86. The Kier molecular flexibility index (Phi) is 4.51. The molecule has 0 unspecified atom stereocenters. The van der Waals surface area contributed by atoms with Crippen LogP contribution in [0.15, 0.2) is 36.4 Å². The molecule has 0 heterocycles. The van der Waals surface area contributed by atoms with Gasteiger partial charge in [-0.2, -0.15) is 5.26 Å². The van der Waals surface area contributed by atoms with E-state index < -0.39 is 24.0 Å². The van der Waals surface area contributed by atoms with Gasteiger partial charge in [-0.25, -0.2) is 8.78 Å². The molecule has 0 amide bonds. The lowest BCUT2D eigenvalue weighted by Crippen LogP contribution is -2.13. The van der Waals surface area contributed by atoms with Crippen LogP contribution in [-0.2, 0) is 0 Å². The van der Waals surface area contributed by atoms with E-state index in [2.05, 4.69) is 0 Å². The van der Waals surface area contributed by atoms with Crippen molar-refractivity contribution in [2.45, 2.75) is 0 Å². The zero-order chi connectivity index (χ0) is 15.4. The molecule has 106 valence electrons. The van der Waals surface area contributed by atoms with Crippen molar-refractivity contribution in [3.8, 4) is 11.8 Å². The van der Waals surface area contributed by atoms with E-state index in [0.717, 1.165) is 12.1 Å². The van der Waals surface area contributed by atoms with E-state index in [9.17, 15) is 13.6 Å². The summed E-state index contributed by atoms with van der Waals surface area (Å²) in [7, 11) is 0. The average molecular weight is 308 g/mol. The van der Waals surface area contributed by atoms with Crippen LogP contribution >= 0.6 is 11.6 Å². The summed E-state index contributed by atoms with van der Waals surface area (Å²) in [6.07, 6.45) is 0. The van der Waals surface area contributed by atoms with Gasteiger partial charge in [0.05, 0.1) is 22.2 Å². The summed E-state index contributed by atoms with van der Waals surface area (Å²) in [5.41, 5.74) is 0.0874. The quantitative estimate of drug-likeness (QED) is 0.808. The highest BCUT2D eigenvalue weighted by atomic mass is 35.5. The number of halogens is 3. The number of hydrogen-bond acceptors (Lipinski definition) is 3. The Morgan fingerprint density at radius 3 is 2.62 bits per heavy atom. The van der Waals surface area contributed by atoms with Gasteiger partial charge in [0, 0.05) is 6.07 Å². The number of ether oxygens (including phenoxy) is 1. The van der Waals surface area contributed by atoms with Gasteiger partial charge in [0.2, 0.25) is 5.78 Å². The first-order valence-electron chi connectivity index (χ1n) is 5.82. The summed E-state index contributed by atoms with van der Waals surface area (Å²) in [5.74, 6) is -2.16.